The number of thiazole rings is 1. The van der Waals surface area contributed by atoms with E-state index in [9.17, 15) is 0 Å². The summed E-state index contributed by atoms with van der Waals surface area (Å²) in [7, 11) is 0. The van der Waals surface area contributed by atoms with Gasteiger partial charge in [-0.05, 0) is 19.1 Å². The van der Waals surface area contributed by atoms with Gasteiger partial charge in [0.1, 0.15) is 0 Å². The summed E-state index contributed by atoms with van der Waals surface area (Å²) in [6, 6.07) is 3.56. The van der Waals surface area contributed by atoms with Gasteiger partial charge >= 0.3 is 0 Å². The number of benzene rings is 1. The molecule has 0 spiro atoms. The van der Waals surface area contributed by atoms with Crippen LogP contribution >= 0.6 is 46.9 Å². The van der Waals surface area contributed by atoms with Crippen molar-refractivity contribution < 1.29 is 0 Å². The zero-order valence-corrected chi connectivity index (χ0v) is 12.5. The molecule has 2 aromatic heterocycles. The molecule has 1 aromatic carbocycles. The largest absolute Gasteiger partial charge is 0.323 e. The Bertz CT molecular complexity index is 717. The highest BCUT2D eigenvalue weighted by Crippen LogP contribution is 2.34. The van der Waals surface area contributed by atoms with Crippen molar-refractivity contribution in [1.29, 1.82) is 0 Å². The molecule has 0 aliphatic carbocycles. The summed E-state index contributed by atoms with van der Waals surface area (Å²) in [6.45, 7) is 1.91. The molecule has 0 saturated carbocycles. The molecule has 2 N–H and O–H groups in total. The molecule has 0 saturated heterocycles. The van der Waals surface area contributed by atoms with Crippen LogP contribution in [0.4, 0.5) is 0 Å². The maximum absolute atomic E-state index is 6.21. The average molecular weight is 323 g/mol. The van der Waals surface area contributed by atoms with E-state index in [1.54, 1.807) is 17.4 Å². The van der Waals surface area contributed by atoms with Gasteiger partial charge in [0, 0.05) is 17.3 Å². The van der Waals surface area contributed by atoms with E-state index in [1.807, 2.05) is 23.6 Å². The molecule has 18 heavy (non-hydrogen) atoms. The van der Waals surface area contributed by atoms with Gasteiger partial charge in [0.15, 0.2) is 4.96 Å². The minimum Gasteiger partial charge on any atom is -0.323 e. The molecule has 0 amide bonds. The Labute approximate surface area is 124 Å². The lowest BCUT2D eigenvalue weighted by Crippen LogP contribution is -2.04. The second-order valence-corrected chi connectivity index (χ2v) is 5.80. The number of halogens is 3. The smallest absolute Gasteiger partial charge is 0.195 e. The topological polar surface area (TPSA) is 43.3 Å². The summed E-state index contributed by atoms with van der Waals surface area (Å²) < 4.78 is 3.00. The van der Waals surface area contributed by atoms with Crippen LogP contribution in [0.1, 0.15) is 18.7 Å². The minimum absolute atomic E-state index is 0. The second-order valence-electron chi connectivity index (χ2n) is 3.94. The first kappa shape index (κ1) is 13.9. The van der Waals surface area contributed by atoms with E-state index in [0.29, 0.717) is 10.0 Å². The Balaban J connectivity index is 0.00000120. The van der Waals surface area contributed by atoms with Crippen LogP contribution in [0.3, 0.4) is 0 Å². The third-order valence-corrected chi connectivity index (χ3v) is 4.10. The fourth-order valence-corrected chi connectivity index (χ4v) is 3.57. The van der Waals surface area contributed by atoms with Gasteiger partial charge in [0.05, 0.1) is 20.9 Å². The zero-order chi connectivity index (χ0) is 12.2. The molecule has 3 rings (SSSR count). The summed E-state index contributed by atoms with van der Waals surface area (Å²) >= 11 is 13.7. The van der Waals surface area contributed by atoms with Crippen molar-refractivity contribution in [1.82, 2.24) is 9.38 Å². The number of nitrogens with two attached hydrogens (primary N) is 1. The Morgan fingerprint density at radius 1 is 1.39 bits per heavy atom. The fourth-order valence-electron chi connectivity index (χ4n) is 1.78. The lowest BCUT2D eigenvalue weighted by molar-refractivity contribution is 0.790. The highest BCUT2D eigenvalue weighted by atomic mass is 35.5. The van der Waals surface area contributed by atoms with Crippen LogP contribution in [0.5, 0.6) is 0 Å². The van der Waals surface area contributed by atoms with E-state index in [4.69, 9.17) is 28.9 Å². The normalized spacial score (nSPS) is 12.9. The summed E-state index contributed by atoms with van der Waals surface area (Å²) in [5.74, 6) is 0. The van der Waals surface area contributed by atoms with Crippen molar-refractivity contribution in [2.45, 2.75) is 13.0 Å². The van der Waals surface area contributed by atoms with Gasteiger partial charge in [-0.3, -0.25) is 4.40 Å². The van der Waals surface area contributed by atoms with Crippen LogP contribution in [0.15, 0.2) is 18.3 Å². The van der Waals surface area contributed by atoms with E-state index in [1.165, 1.54) is 0 Å². The third kappa shape index (κ3) is 2.08. The van der Waals surface area contributed by atoms with Gasteiger partial charge in [-0.2, -0.15) is 0 Å². The van der Waals surface area contributed by atoms with Gasteiger partial charge < -0.3 is 5.73 Å². The number of nitrogens with zero attached hydrogens (tertiary/aromatic N) is 2. The monoisotopic (exact) mass is 321 g/mol. The number of aromatic nitrogens is 2. The lowest BCUT2D eigenvalue weighted by Gasteiger charge is -1.98. The zero-order valence-electron chi connectivity index (χ0n) is 9.35. The Morgan fingerprint density at radius 2 is 2.11 bits per heavy atom. The van der Waals surface area contributed by atoms with Crippen LogP contribution in [0.25, 0.3) is 15.2 Å². The van der Waals surface area contributed by atoms with Crippen molar-refractivity contribution >= 4 is 62.1 Å². The highest BCUT2D eigenvalue weighted by Gasteiger charge is 2.13. The fraction of sp³-hybridized carbons (Fsp3) is 0.182. The van der Waals surface area contributed by atoms with E-state index in [0.717, 1.165) is 20.9 Å². The van der Waals surface area contributed by atoms with E-state index < -0.39 is 0 Å². The van der Waals surface area contributed by atoms with Gasteiger partial charge in [-0.25, -0.2) is 4.98 Å². The quantitative estimate of drug-likeness (QED) is 0.726. The maximum atomic E-state index is 6.21. The van der Waals surface area contributed by atoms with Crippen LogP contribution in [0, 0.1) is 0 Å². The average Bonchev–Trinajstić information content (AvgIpc) is 2.72. The summed E-state index contributed by atoms with van der Waals surface area (Å²) in [6.07, 6.45) is 1.93. The van der Waals surface area contributed by atoms with Crippen molar-refractivity contribution in [3.05, 3.63) is 34.1 Å². The third-order valence-electron chi connectivity index (χ3n) is 2.59. The number of rotatable bonds is 1. The Hall–Kier alpha value is -0.520. The number of hydrogen-bond acceptors (Lipinski definition) is 3. The van der Waals surface area contributed by atoms with Crippen LogP contribution in [-0.2, 0) is 0 Å². The molecule has 0 fully saturated rings. The van der Waals surface area contributed by atoms with Gasteiger partial charge in [-0.15, -0.1) is 12.4 Å². The van der Waals surface area contributed by atoms with Crippen molar-refractivity contribution in [3.8, 4) is 0 Å². The summed E-state index contributed by atoms with van der Waals surface area (Å²) in [5, 5.41) is 1.27. The van der Waals surface area contributed by atoms with Crippen molar-refractivity contribution in [2.75, 3.05) is 0 Å². The molecule has 1 unspecified atom stereocenters. The molecule has 7 heteroatoms. The molecule has 0 bridgehead atoms. The predicted molar refractivity (Wildman–Crippen MR) is 80.4 cm³/mol. The molecular weight excluding hydrogens is 313 g/mol. The molecule has 0 radical (unpaired) electrons. The van der Waals surface area contributed by atoms with Crippen LogP contribution in [-0.4, -0.2) is 9.38 Å². The molecule has 96 valence electrons. The van der Waals surface area contributed by atoms with Gasteiger partial charge in [0.2, 0.25) is 0 Å². The van der Waals surface area contributed by atoms with E-state index >= 15 is 0 Å². The molecule has 3 aromatic rings. The standard InChI is InChI=1S/C11H9Cl2N3S.ClH/c1-5(14)8-4-16-10-7(13)2-6(12)3-9(10)17-11(16)15-8;/h2-5H,14H2,1H3;1H. The maximum Gasteiger partial charge on any atom is 0.195 e. The number of fused-ring (bicyclic) bond motifs is 3. The second kappa shape index (κ2) is 4.87. The minimum atomic E-state index is -0.0803. The van der Waals surface area contributed by atoms with E-state index in [-0.39, 0.29) is 18.4 Å². The predicted octanol–water partition coefficient (Wildman–Crippen LogP) is 4.30. The van der Waals surface area contributed by atoms with Crippen LogP contribution in [0.2, 0.25) is 10.0 Å². The Kier molecular flexibility index (Phi) is 3.76. The Morgan fingerprint density at radius 3 is 2.78 bits per heavy atom. The number of hydrogen-bond donors (Lipinski definition) is 1. The first-order valence-corrected chi connectivity index (χ1v) is 6.65. The SMILES string of the molecule is CC(N)c1cn2c(n1)sc1cc(Cl)cc(Cl)c12.Cl. The molecule has 0 aliphatic heterocycles. The molecule has 3 nitrogen and oxygen atoms in total. The molecule has 1 atom stereocenters. The molecule has 0 aliphatic rings. The first-order valence-electron chi connectivity index (χ1n) is 5.08. The molecular formula is C11H10Cl3N3S. The lowest BCUT2D eigenvalue weighted by atomic mass is 10.3. The number of imidazole rings is 1. The van der Waals surface area contributed by atoms with Crippen molar-refractivity contribution in [2.24, 2.45) is 5.73 Å². The van der Waals surface area contributed by atoms with Gasteiger partial charge in [-0.1, -0.05) is 34.5 Å². The van der Waals surface area contributed by atoms with Crippen molar-refractivity contribution in [3.63, 3.8) is 0 Å². The summed E-state index contributed by atoms with van der Waals surface area (Å²) in [5.41, 5.74) is 7.62. The van der Waals surface area contributed by atoms with E-state index in [2.05, 4.69) is 4.98 Å². The molecule has 2 heterocycles. The van der Waals surface area contributed by atoms with Gasteiger partial charge in [0.25, 0.3) is 0 Å². The summed E-state index contributed by atoms with van der Waals surface area (Å²) in [4.78, 5) is 5.36. The first-order chi connectivity index (χ1) is 8.06. The highest BCUT2D eigenvalue weighted by molar-refractivity contribution is 7.23. The van der Waals surface area contributed by atoms with Crippen LogP contribution < -0.4 is 5.73 Å².